The van der Waals surface area contributed by atoms with Gasteiger partial charge in [-0.15, -0.1) is 0 Å². The van der Waals surface area contributed by atoms with Crippen molar-refractivity contribution in [2.75, 3.05) is 6.54 Å². The average molecular weight is 199 g/mol. The summed E-state index contributed by atoms with van der Waals surface area (Å²) in [6.07, 6.45) is 4.86. The van der Waals surface area contributed by atoms with Crippen LogP contribution < -0.4 is 5.32 Å². The fraction of sp³-hybridized carbons (Fsp3) is 1.00. The fourth-order valence-corrected chi connectivity index (χ4v) is 2.19. The van der Waals surface area contributed by atoms with Gasteiger partial charge in [-0.2, -0.15) is 0 Å². The second-order valence-electron chi connectivity index (χ2n) is 4.88. The number of aliphatic hydroxyl groups is 1. The lowest BCUT2D eigenvalue weighted by Crippen LogP contribution is -2.39. The molecular weight excluding hydrogens is 174 g/mol. The molecule has 2 nitrogen and oxygen atoms in total. The van der Waals surface area contributed by atoms with Crippen LogP contribution in [0.1, 0.15) is 46.5 Å². The molecule has 1 aliphatic rings. The zero-order valence-electron chi connectivity index (χ0n) is 9.79. The minimum absolute atomic E-state index is 0.173. The molecule has 1 rings (SSSR count). The summed E-state index contributed by atoms with van der Waals surface area (Å²) in [5, 5.41) is 13.3. The van der Waals surface area contributed by atoms with Crippen LogP contribution >= 0.6 is 0 Å². The van der Waals surface area contributed by atoms with Gasteiger partial charge >= 0.3 is 0 Å². The van der Waals surface area contributed by atoms with Gasteiger partial charge in [0.2, 0.25) is 0 Å². The van der Waals surface area contributed by atoms with E-state index in [4.69, 9.17) is 0 Å². The molecular formula is C12H25NO. The first-order chi connectivity index (χ1) is 6.65. The highest BCUT2D eigenvalue weighted by atomic mass is 16.3. The molecule has 2 N–H and O–H groups in total. The predicted octanol–water partition coefficient (Wildman–Crippen LogP) is 2.17. The SMILES string of the molecule is CCC(C)C(O)CNC1CCCC1C. The predicted molar refractivity (Wildman–Crippen MR) is 60.3 cm³/mol. The van der Waals surface area contributed by atoms with Crippen molar-refractivity contribution in [3.05, 3.63) is 0 Å². The fourth-order valence-electron chi connectivity index (χ4n) is 2.19. The van der Waals surface area contributed by atoms with Gasteiger partial charge in [0.05, 0.1) is 6.10 Å². The van der Waals surface area contributed by atoms with E-state index in [1.54, 1.807) is 0 Å². The Bertz CT molecular complexity index is 160. The van der Waals surface area contributed by atoms with E-state index in [0.717, 1.165) is 18.9 Å². The van der Waals surface area contributed by atoms with E-state index in [1.165, 1.54) is 19.3 Å². The number of hydrogen-bond donors (Lipinski definition) is 2. The highest BCUT2D eigenvalue weighted by molar-refractivity contribution is 4.81. The van der Waals surface area contributed by atoms with E-state index in [1.807, 2.05) is 0 Å². The first-order valence-electron chi connectivity index (χ1n) is 6.06. The summed E-state index contributed by atoms with van der Waals surface area (Å²) < 4.78 is 0. The van der Waals surface area contributed by atoms with Crippen LogP contribution in [0.4, 0.5) is 0 Å². The molecule has 0 aromatic rings. The van der Waals surface area contributed by atoms with Gasteiger partial charge in [0.15, 0.2) is 0 Å². The molecule has 0 spiro atoms. The zero-order chi connectivity index (χ0) is 10.6. The molecule has 0 aromatic carbocycles. The number of rotatable bonds is 5. The Morgan fingerprint density at radius 3 is 2.64 bits per heavy atom. The molecule has 1 saturated carbocycles. The number of nitrogens with one attached hydrogen (secondary N) is 1. The lowest BCUT2D eigenvalue weighted by molar-refractivity contribution is 0.108. The highest BCUT2D eigenvalue weighted by Gasteiger charge is 2.23. The maximum absolute atomic E-state index is 9.80. The molecule has 0 aromatic heterocycles. The van der Waals surface area contributed by atoms with E-state index in [2.05, 4.69) is 26.1 Å². The van der Waals surface area contributed by atoms with Crippen molar-refractivity contribution in [3.63, 3.8) is 0 Å². The summed E-state index contributed by atoms with van der Waals surface area (Å²) in [5.74, 6) is 1.21. The van der Waals surface area contributed by atoms with Crippen LogP contribution in [0.25, 0.3) is 0 Å². The largest absolute Gasteiger partial charge is 0.392 e. The first kappa shape index (κ1) is 12.0. The van der Waals surface area contributed by atoms with Crippen molar-refractivity contribution in [1.29, 1.82) is 0 Å². The third-order valence-electron chi connectivity index (χ3n) is 3.75. The van der Waals surface area contributed by atoms with E-state index in [-0.39, 0.29) is 6.10 Å². The maximum atomic E-state index is 9.80. The van der Waals surface area contributed by atoms with Gasteiger partial charge in [-0.25, -0.2) is 0 Å². The average Bonchev–Trinajstić information content (AvgIpc) is 2.59. The van der Waals surface area contributed by atoms with Crippen molar-refractivity contribution in [3.8, 4) is 0 Å². The minimum Gasteiger partial charge on any atom is -0.392 e. The maximum Gasteiger partial charge on any atom is 0.0690 e. The molecule has 0 amide bonds. The number of aliphatic hydroxyl groups excluding tert-OH is 1. The molecule has 84 valence electrons. The second kappa shape index (κ2) is 5.72. The molecule has 0 radical (unpaired) electrons. The Hall–Kier alpha value is -0.0800. The molecule has 0 saturated heterocycles. The molecule has 4 unspecified atom stereocenters. The molecule has 1 fully saturated rings. The van der Waals surface area contributed by atoms with Crippen LogP contribution in [-0.2, 0) is 0 Å². The van der Waals surface area contributed by atoms with Crippen LogP contribution in [0, 0.1) is 11.8 Å². The molecule has 4 atom stereocenters. The standard InChI is InChI=1S/C12H25NO/c1-4-9(2)12(14)8-13-11-7-5-6-10(11)3/h9-14H,4-8H2,1-3H3. The first-order valence-corrected chi connectivity index (χ1v) is 6.06. The van der Waals surface area contributed by atoms with E-state index >= 15 is 0 Å². The smallest absolute Gasteiger partial charge is 0.0690 e. The Kier molecular flexibility index (Phi) is 4.90. The lowest BCUT2D eigenvalue weighted by Gasteiger charge is -2.22. The topological polar surface area (TPSA) is 32.3 Å². The van der Waals surface area contributed by atoms with Gasteiger partial charge in [0, 0.05) is 12.6 Å². The quantitative estimate of drug-likeness (QED) is 0.711. The molecule has 0 aliphatic heterocycles. The summed E-state index contributed by atoms with van der Waals surface area (Å²) in [6, 6.07) is 0.647. The lowest BCUT2D eigenvalue weighted by atomic mass is 10.0. The summed E-state index contributed by atoms with van der Waals surface area (Å²) in [5.41, 5.74) is 0. The molecule has 0 bridgehead atoms. The van der Waals surface area contributed by atoms with Gasteiger partial charge in [0.1, 0.15) is 0 Å². The second-order valence-corrected chi connectivity index (χ2v) is 4.88. The van der Waals surface area contributed by atoms with E-state index < -0.39 is 0 Å². The van der Waals surface area contributed by atoms with Crippen LogP contribution in [0.3, 0.4) is 0 Å². The van der Waals surface area contributed by atoms with Crippen LogP contribution in [0.2, 0.25) is 0 Å². The van der Waals surface area contributed by atoms with E-state index in [0.29, 0.717) is 12.0 Å². The zero-order valence-corrected chi connectivity index (χ0v) is 9.79. The molecule has 1 aliphatic carbocycles. The molecule has 14 heavy (non-hydrogen) atoms. The van der Waals surface area contributed by atoms with Crippen LogP contribution in [0.15, 0.2) is 0 Å². The third-order valence-corrected chi connectivity index (χ3v) is 3.75. The Morgan fingerprint density at radius 2 is 2.14 bits per heavy atom. The van der Waals surface area contributed by atoms with Crippen molar-refractivity contribution in [1.82, 2.24) is 5.32 Å². The highest BCUT2D eigenvalue weighted by Crippen LogP contribution is 2.24. The summed E-state index contributed by atoms with van der Waals surface area (Å²) in [7, 11) is 0. The van der Waals surface area contributed by atoms with Gasteiger partial charge in [0.25, 0.3) is 0 Å². The van der Waals surface area contributed by atoms with Crippen LogP contribution in [0.5, 0.6) is 0 Å². The summed E-state index contributed by atoms with van der Waals surface area (Å²) in [4.78, 5) is 0. The summed E-state index contributed by atoms with van der Waals surface area (Å²) >= 11 is 0. The van der Waals surface area contributed by atoms with Crippen LogP contribution in [-0.4, -0.2) is 23.8 Å². The van der Waals surface area contributed by atoms with Gasteiger partial charge < -0.3 is 10.4 Å². The van der Waals surface area contributed by atoms with E-state index in [9.17, 15) is 5.11 Å². The normalized spacial score (nSPS) is 31.7. The van der Waals surface area contributed by atoms with Crippen molar-refractivity contribution >= 4 is 0 Å². The Labute approximate surface area is 88.1 Å². The van der Waals surface area contributed by atoms with Crippen molar-refractivity contribution in [2.24, 2.45) is 11.8 Å². The minimum atomic E-state index is -0.173. The van der Waals surface area contributed by atoms with Crippen molar-refractivity contribution in [2.45, 2.75) is 58.6 Å². The molecule has 0 heterocycles. The van der Waals surface area contributed by atoms with Gasteiger partial charge in [-0.1, -0.05) is 33.6 Å². The van der Waals surface area contributed by atoms with Gasteiger partial charge in [-0.3, -0.25) is 0 Å². The Morgan fingerprint density at radius 1 is 1.43 bits per heavy atom. The molecule has 2 heteroatoms. The number of hydrogen-bond acceptors (Lipinski definition) is 2. The third kappa shape index (κ3) is 3.25. The van der Waals surface area contributed by atoms with Crippen molar-refractivity contribution < 1.29 is 5.11 Å². The monoisotopic (exact) mass is 199 g/mol. The van der Waals surface area contributed by atoms with Gasteiger partial charge in [-0.05, 0) is 24.7 Å². The summed E-state index contributed by atoms with van der Waals surface area (Å²) in [6.45, 7) is 7.32. The Balaban J connectivity index is 2.19.